The largest absolute Gasteiger partial charge is 0.229 e. The first kappa shape index (κ1) is 18.2. The minimum atomic E-state index is -3.40. The van der Waals surface area contributed by atoms with Gasteiger partial charge in [-0.05, 0) is 12.8 Å². The molecule has 0 N–H and O–H groups in total. The summed E-state index contributed by atoms with van der Waals surface area (Å²) in [5, 5.41) is -0.965. The maximum atomic E-state index is 11.9. The summed E-state index contributed by atoms with van der Waals surface area (Å²) in [6.45, 7) is 3.79. The van der Waals surface area contributed by atoms with E-state index in [1.807, 2.05) is 13.8 Å². The molecule has 0 aliphatic carbocycles. The molecule has 0 spiro atoms. The highest BCUT2D eigenvalue weighted by Gasteiger charge is 2.29. The van der Waals surface area contributed by atoms with Crippen LogP contribution in [-0.2, 0) is 19.7 Å². The first-order valence-corrected chi connectivity index (χ1v) is 10.3. The second-order valence-corrected chi connectivity index (χ2v) is 9.40. The quantitative estimate of drug-likeness (QED) is 0.578. The Morgan fingerprint density at radius 1 is 0.944 bits per heavy atom. The van der Waals surface area contributed by atoms with Crippen LogP contribution < -0.4 is 0 Å². The van der Waals surface area contributed by atoms with Crippen LogP contribution in [-0.4, -0.2) is 45.2 Å². The van der Waals surface area contributed by atoms with Crippen LogP contribution in [0, 0.1) is 0 Å². The van der Waals surface area contributed by atoms with E-state index in [1.165, 1.54) is 0 Å². The number of unbranched alkanes of at least 4 members (excludes halogenated alkanes) is 2. The third-order valence-electron chi connectivity index (χ3n) is 2.71. The second kappa shape index (κ2) is 8.38. The van der Waals surface area contributed by atoms with E-state index in [0.717, 1.165) is 12.8 Å². The molecule has 4 nitrogen and oxygen atoms in total. The summed E-state index contributed by atoms with van der Waals surface area (Å²) >= 11 is 5.63. The number of hydrogen-bond donors (Lipinski definition) is 0. The van der Waals surface area contributed by atoms with E-state index in [2.05, 4.69) is 0 Å². The minimum absolute atomic E-state index is 0.0180. The summed E-state index contributed by atoms with van der Waals surface area (Å²) in [5.41, 5.74) is 0. The van der Waals surface area contributed by atoms with E-state index >= 15 is 0 Å². The van der Waals surface area contributed by atoms with Crippen LogP contribution in [0.15, 0.2) is 0 Å². The van der Waals surface area contributed by atoms with Crippen LogP contribution in [0.3, 0.4) is 0 Å². The molecule has 0 aliphatic rings. The summed E-state index contributed by atoms with van der Waals surface area (Å²) in [4.78, 5) is 0. The molecule has 110 valence electrons. The molecule has 0 saturated heterocycles. The maximum Gasteiger partial charge on any atom is 0.155 e. The number of rotatable bonds is 10. The fraction of sp³-hybridized carbons (Fsp3) is 1.00. The van der Waals surface area contributed by atoms with Crippen molar-refractivity contribution in [1.82, 2.24) is 0 Å². The Bertz CT molecular complexity index is 414. The average Bonchev–Trinajstić information content (AvgIpc) is 2.31. The molecule has 0 bridgehead atoms. The van der Waals surface area contributed by atoms with Crippen molar-refractivity contribution < 1.29 is 16.8 Å². The van der Waals surface area contributed by atoms with Crippen molar-refractivity contribution in [2.24, 2.45) is 0 Å². The lowest BCUT2D eigenvalue weighted by Gasteiger charge is -2.15. The summed E-state index contributed by atoms with van der Waals surface area (Å²) in [7, 11) is -6.73. The lowest BCUT2D eigenvalue weighted by atomic mass is 10.4. The number of sulfone groups is 2. The number of hydrogen-bond acceptors (Lipinski definition) is 4. The van der Waals surface area contributed by atoms with Crippen LogP contribution in [0.1, 0.15) is 39.5 Å². The van der Waals surface area contributed by atoms with Crippen molar-refractivity contribution in [3.63, 3.8) is 0 Å². The van der Waals surface area contributed by atoms with E-state index in [9.17, 15) is 16.8 Å². The van der Waals surface area contributed by atoms with Crippen LogP contribution in [0.25, 0.3) is 0 Å². The van der Waals surface area contributed by atoms with Gasteiger partial charge in [0, 0.05) is 5.88 Å². The monoisotopic (exact) mass is 318 g/mol. The molecular weight excluding hydrogens is 296 g/mol. The highest BCUT2D eigenvalue weighted by molar-refractivity contribution is 7.95. The number of alkyl halides is 1. The smallest absolute Gasteiger partial charge is 0.155 e. The zero-order valence-electron chi connectivity index (χ0n) is 11.1. The topological polar surface area (TPSA) is 68.3 Å². The normalized spacial score (nSPS) is 14.6. The fourth-order valence-corrected chi connectivity index (χ4v) is 6.55. The van der Waals surface area contributed by atoms with Crippen molar-refractivity contribution >= 4 is 31.3 Å². The molecule has 0 aromatic carbocycles. The van der Waals surface area contributed by atoms with Crippen molar-refractivity contribution in [3.05, 3.63) is 0 Å². The van der Waals surface area contributed by atoms with Gasteiger partial charge in [0.2, 0.25) is 0 Å². The van der Waals surface area contributed by atoms with Crippen LogP contribution in [0.4, 0.5) is 0 Å². The molecular formula is C11H23ClO4S2. The lowest BCUT2D eigenvalue weighted by molar-refractivity contribution is 0.574. The molecule has 0 aromatic rings. The molecule has 7 heteroatoms. The SMILES string of the molecule is CCCCS(=O)(=O)CC(CCl)S(=O)(=O)CCCC. The molecule has 0 aromatic heterocycles. The van der Waals surface area contributed by atoms with E-state index in [1.54, 1.807) is 0 Å². The lowest BCUT2D eigenvalue weighted by Crippen LogP contribution is -2.34. The van der Waals surface area contributed by atoms with Gasteiger partial charge >= 0.3 is 0 Å². The van der Waals surface area contributed by atoms with Crippen molar-refractivity contribution in [2.75, 3.05) is 23.1 Å². The van der Waals surface area contributed by atoms with Gasteiger partial charge in [-0.1, -0.05) is 26.7 Å². The van der Waals surface area contributed by atoms with Gasteiger partial charge in [-0.2, -0.15) is 0 Å². The highest BCUT2D eigenvalue weighted by Crippen LogP contribution is 2.12. The van der Waals surface area contributed by atoms with Gasteiger partial charge < -0.3 is 0 Å². The van der Waals surface area contributed by atoms with Gasteiger partial charge in [-0.3, -0.25) is 0 Å². The third-order valence-corrected chi connectivity index (χ3v) is 7.51. The van der Waals surface area contributed by atoms with Gasteiger partial charge in [0.25, 0.3) is 0 Å². The Hall–Kier alpha value is 0.190. The molecule has 0 radical (unpaired) electrons. The van der Waals surface area contributed by atoms with Crippen LogP contribution in [0.5, 0.6) is 0 Å². The van der Waals surface area contributed by atoms with Gasteiger partial charge in [0.15, 0.2) is 19.7 Å². The predicted octanol–water partition coefficient (Wildman–Crippen LogP) is 2.02. The highest BCUT2D eigenvalue weighted by atomic mass is 35.5. The van der Waals surface area contributed by atoms with Gasteiger partial charge in [-0.15, -0.1) is 11.6 Å². The molecule has 0 amide bonds. The van der Waals surface area contributed by atoms with Crippen LogP contribution in [0.2, 0.25) is 0 Å². The maximum absolute atomic E-state index is 11.9. The standard InChI is InChI=1S/C11H23ClO4S2/c1-3-5-7-17(13,14)10-11(9-12)18(15,16)8-6-4-2/h11H,3-10H2,1-2H3. The summed E-state index contributed by atoms with van der Waals surface area (Å²) < 4.78 is 47.4. The Kier molecular flexibility index (Phi) is 8.47. The van der Waals surface area contributed by atoms with Crippen molar-refractivity contribution in [3.8, 4) is 0 Å². The van der Waals surface area contributed by atoms with Crippen molar-refractivity contribution in [2.45, 2.75) is 44.8 Å². The zero-order valence-corrected chi connectivity index (χ0v) is 13.5. The third kappa shape index (κ3) is 6.95. The summed E-state index contributed by atoms with van der Waals surface area (Å²) in [6, 6.07) is 0. The second-order valence-electron chi connectivity index (χ2n) is 4.46. The Balaban J connectivity index is 4.70. The molecule has 0 fully saturated rings. The predicted molar refractivity (Wildman–Crippen MR) is 76.8 cm³/mol. The van der Waals surface area contributed by atoms with E-state index in [0.29, 0.717) is 12.8 Å². The zero-order chi connectivity index (χ0) is 14.2. The Morgan fingerprint density at radius 3 is 1.89 bits per heavy atom. The molecule has 1 unspecified atom stereocenters. The average molecular weight is 319 g/mol. The molecule has 0 saturated carbocycles. The molecule has 1 atom stereocenters. The summed E-state index contributed by atoms with van der Waals surface area (Å²) in [6.07, 6.45) is 2.64. The van der Waals surface area contributed by atoms with E-state index in [4.69, 9.17) is 11.6 Å². The van der Waals surface area contributed by atoms with Crippen LogP contribution >= 0.6 is 11.6 Å². The molecule has 18 heavy (non-hydrogen) atoms. The van der Waals surface area contributed by atoms with E-state index < -0.39 is 24.9 Å². The molecule has 0 rings (SSSR count). The van der Waals surface area contributed by atoms with Gasteiger partial charge in [-0.25, -0.2) is 16.8 Å². The first-order valence-electron chi connectivity index (χ1n) is 6.27. The van der Waals surface area contributed by atoms with Gasteiger partial charge in [0.1, 0.15) is 0 Å². The Morgan fingerprint density at radius 2 is 1.44 bits per heavy atom. The van der Waals surface area contributed by atoms with E-state index in [-0.39, 0.29) is 23.1 Å². The number of halogens is 1. The minimum Gasteiger partial charge on any atom is -0.229 e. The van der Waals surface area contributed by atoms with Gasteiger partial charge in [0.05, 0.1) is 22.5 Å². The molecule has 0 heterocycles. The molecule has 0 aliphatic heterocycles. The fourth-order valence-electron chi connectivity index (χ4n) is 1.49. The summed E-state index contributed by atoms with van der Waals surface area (Å²) in [5.74, 6) is -0.440. The Labute approximate surface area is 116 Å². The first-order chi connectivity index (χ1) is 8.29. The van der Waals surface area contributed by atoms with Crippen molar-refractivity contribution in [1.29, 1.82) is 0 Å².